The number of aryl methyl sites for hydroxylation is 1. The highest BCUT2D eigenvalue weighted by Crippen LogP contribution is 2.53. The van der Waals surface area contributed by atoms with Gasteiger partial charge in [0.1, 0.15) is 6.17 Å². The van der Waals surface area contributed by atoms with E-state index in [2.05, 4.69) is 15.2 Å². The molecule has 0 amide bonds. The molecule has 7 heteroatoms. The molecule has 2 aromatic heterocycles. The second-order valence-corrected chi connectivity index (χ2v) is 6.51. The fourth-order valence-corrected chi connectivity index (χ4v) is 3.34. The van der Waals surface area contributed by atoms with Crippen LogP contribution in [0.1, 0.15) is 48.6 Å². The van der Waals surface area contributed by atoms with E-state index in [-0.39, 0.29) is 17.9 Å². The van der Waals surface area contributed by atoms with Crippen LogP contribution < -0.4 is 0 Å². The molecule has 1 unspecified atom stereocenters. The first-order valence-corrected chi connectivity index (χ1v) is 8.27. The molecule has 1 aliphatic rings. The van der Waals surface area contributed by atoms with Crippen LogP contribution in [-0.2, 0) is 19.1 Å². The fourth-order valence-electron chi connectivity index (χ4n) is 3.34. The van der Waals surface area contributed by atoms with Crippen molar-refractivity contribution in [1.29, 1.82) is 0 Å². The number of aliphatic hydroxyl groups excluding tert-OH is 1. The van der Waals surface area contributed by atoms with Crippen LogP contribution in [0, 0.1) is 0 Å². The molecule has 1 N–H and O–H groups in total. The summed E-state index contributed by atoms with van der Waals surface area (Å²) in [5.74, 6) is 0.870. The van der Waals surface area contributed by atoms with E-state index >= 15 is 0 Å². The maximum absolute atomic E-state index is 13.6. The van der Waals surface area contributed by atoms with E-state index in [4.69, 9.17) is 4.52 Å². The van der Waals surface area contributed by atoms with Crippen molar-refractivity contribution < 1.29 is 14.0 Å². The molecule has 25 heavy (non-hydrogen) atoms. The minimum atomic E-state index is -1.13. The van der Waals surface area contributed by atoms with Crippen molar-refractivity contribution in [2.45, 2.75) is 38.0 Å². The van der Waals surface area contributed by atoms with E-state index in [1.165, 1.54) is 11.6 Å². The lowest BCUT2D eigenvalue weighted by molar-refractivity contribution is 0.279. The molecule has 0 bridgehead atoms. The largest absolute Gasteiger partial charge is 0.392 e. The SMILES string of the molecule is CC(F)c1cc(-c2nc(C3(c4ccccc4CO)CC3)no2)nn1C. The monoisotopic (exact) mass is 342 g/mol. The van der Waals surface area contributed by atoms with Crippen LogP contribution in [-0.4, -0.2) is 25.0 Å². The van der Waals surface area contributed by atoms with Gasteiger partial charge in [-0.3, -0.25) is 4.68 Å². The molecular formula is C18H19FN4O2. The van der Waals surface area contributed by atoms with Gasteiger partial charge in [-0.2, -0.15) is 10.1 Å². The van der Waals surface area contributed by atoms with Crippen LogP contribution in [0.15, 0.2) is 34.9 Å². The van der Waals surface area contributed by atoms with E-state index in [0.717, 1.165) is 24.0 Å². The van der Waals surface area contributed by atoms with E-state index in [9.17, 15) is 9.50 Å². The van der Waals surface area contributed by atoms with Crippen molar-refractivity contribution in [3.63, 3.8) is 0 Å². The van der Waals surface area contributed by atoms with Gasteiger partial charge in [0.2, 0.25) is 0 Å². The molecule has 1 aromatic carbocycles. The molecule has 1 fully saturated rings. The Hall–Kier alpha value is -2.54. The molecule has 130 valence electrons. The highest BCUT2D eigenvalue weighted by molar-refractivity contribution is 5.50. The maximum Gasteiger partial charge on any atom is 0.278 e. The van der Waals surface area contributed by atoms with Crippen molar-refractivity contribution in [1.82, 2.24) is 19.9 Å². The molecule has 0 radical (unpaired) electrons. The Balaban J connectivity index is 1.71. The molecule has 1 saturated carbocycles. The molecule has 0 spiro atoms. The number of aliphatic hydroxyl groups is 1. The fraction of sp³-hybridized carbons (Fsp3) is 0.389. The van der Waals surface area contributed by atoms with Crippen LogP contribution in [0.2, 0.25) is 0 Å². The Bertz CT molecular complexity index is 911. The molecule has 3 aromatic rings. The number of hydrogen-bond acceptors (Lipinski definition) is 5. The summed E-state index contributed by atoms with van der Waals surface area (Å²) in [6.07, 6.45) is 0.676. The molecule has 1 aliphatic carbocycles. The number of rotatable bonds is 5. The molecule has 2 heterocycles. The predicted molar refractivity (Wildman–Crippen MR) is 88.4 cm³/mol. The molecule has 4 rings (SSSR count). The number of halogens is 1. The standard InChI is InChI=1S/C18H19FN4O2/c1-11(19)15-9-14(21-23(15)2)16-20-17(22-25-16)18(7-8-18)13-6-4-3-5-12(13)10-24/h3-6,9,11,24H,7-8,10H2,1-2H3. The Morgan fingerprint density at radius 3 is 2.76 bits per heavy atom. The summed E-state index contributed by atoms with van der Waals surface area (Å²) in [6.45, 7) is 1.44. The highest BCUT2D eigenvalue weighted by Gasteiger charge is 2.51. The average Bonchev–Trinajstić information content (AvgIpc) is 3.08. The van der Waals surface area contributed by atoms with Gasteiger partial charge in [0.15, 0.2) is 11.5 Å². The summed E-state index contributed by atoms with van der Waals surface area (Å²) in [6, 6.07) is 9.38. The summed E-state index contributed by atoms with van der Waals surface area (Å²) < 4.78 is 20.5. The summed E-state index contributed by atoms with van der Waals surface area (Å²) in [5.41, 5.74) is 2.52. The number of hydrogen-bond donors (Lipinski definition) is 1. The highest BCUT2D eigenvalue weighted by atomic mass is 19.1. The zero-order valence-electron chi connectivity index (χ0n) is 14.1. The second kappa shape index (κ2) is 5.77. The van der Waals surface area contributed by atoms with Crippen molar-refractivity contribution in [3.05, 3.63) is 53.0 Å². The smallest absolute Gasteiger partial charge is 0.278 e. The maximum atomic E-state index is 13.6. The number of benzene rings is 1. The Morgan fingerprint density at radius 2 is 2.12 bits per heavy atom. The Morgan fingerprint density at radius 1 is 1.36 bits per heavy atom. The lowest BCUT2D eigenvalue weighted by Gasteiger charge is -2.14. The summed E-state index contributed by atoms with van der Waals surface area (Å²) in [7, 11) is 1.69. The van der Waals surface area contributed by atoms with Crippen LogP contribution in [0.3, 0.4) is 0 Å². The van der Waals surface area contributed by atoms with E-state index in [1.54, 1.807) is 13.1 Å². The van der Waals surface area contributed by atoms with Crippen LogP contribution >= 0.6 is 0 Å². The van der Waals surface area contributed by atoms with E-state index in [0.29, 0.717) is 17.2 Å². The van der Waals surface area contributed by atoms with E-state index < -0.39 is 6.17 Å². The van der Waals surface area contributed by atoms with Crippen molar-refractivity contribution in [2.24, 2.45) is 7.05 Å². The van der Waals surface area contributed by atoms with Gasteiger partial charge in [-0.05, 0) is 37.0 Å². The van der Waals surface area contributed by atoms with Gasteiger partial charge in [0.25, 0.3) is 5.89 Å². The number of alkyl halides is 1. The first kappa shape index (κ1) is 16.0. The molecule has 0 aliphatic heterocycles. The van der Waals surface area contributed by atoms with Gasteiger partial charge in [-0.15, -0.1) is 0 Å². The zero-order valence-corrected chi connectivity index (χ0v) is 14.1. The normalized spacial score (nSPS) is 16.8. The van der Waals surface area contributed by atoms with Gasteiger partial charge in [0, 0.05) is 7.05 Å². The lowest BCUT2D eigenvalue weighted by atomic mass is 9.91. The lowest BCUT2D eigenvalue weighted by Crippen LogP contribution is -2.13. The van der Waals surface area contributed by atoms with Gasteiger partial charge in [0.05, 0.1) is 17.7 Å². The van der Waals surface area contributed by atoms with Crippen molar-refractivity contribution in [3.8, 4) is 11.6 Å². The molecular weight excluding hydrogens is 323 g/mol. The van der Waals surface area contributed by atoms with Crippen molar-refractivity contribution in [2.75, 3.05) is 0 Å². The van der Waals surface area contributed by atoms with Crippen molar-refractivity contribution >= 4 is 0 Å². The predicted octanol–water partition coefficient (Wildman–Crippen LogP) is 3.07. The minimum Gasteiger partial charge on any atom is -0.392 e. The quantitative estimate of drug-likeness (QED) is 0.771. The van der Waals surface area contributed by atoms with Crippen LogP contribution in [0.25, 0.3) is 11.6 Å². The van der Waals surface area contributed by atoms with Gasteiger partial charge < -0.3 is 9.63 Å². The van der Waals surface area contributed by atoms with Gasteiger partial charge >= 0.3 is 0 Å². The van der Waals surface area contributed by atoms with Gasteiger partial charge in [-0.1, -0.05) is 29.4 Å². The van der Waals surface area contributed by atoms with Gasteiger partial charge in [-0.25, -0.2) is 4.39 Å². The summed E-state index contributed by atoms with van der Waals surface area (Å²) in [4.78, 5) is 4.52. The third-order valence-electron chi connectivity index (χ3n) is 4.85. The average molecular weight is 342 g/mol. The van der Waals surface area contributed by atoms with Crippen LogP contribution in [0.4, 0.5) is 4.39 Å². The number of nitrogens with zero attached hydrogens (tertiary/aromatic N) is 4. The first-order chi connectivity index (χ1) is 12.0. The van der Waals surface area contributed by atoms with Crippen LogP contribution in [0.5, 0.6) is 0 Å². The second-order valence-electron chi connectivity index (χ2n) is 6.51. The number of aromatic nitrogens is 4. The molecule has 6 nitrogen and oxygen atoms in total. The Labute approximate surface area is 144 Å². The third-order valence-corrected chi connectivity index (χ3v) is 4.85. The molecule has 1 atom stereocenters. The third kappa shape index (κ3) is 2.55. The minimum absolute atomic E-state index is 0.0272. The molecule has 0 saturated heterocycles. The topological polar surface area (TPSA) is 77.0 Å². The van der Waals surface area contributed by atoms with E-state index in [1.807, 2.05) is 24.3 Å². The summed E-state index contributed by atoms with van der Waals surface area (Å²) in [5, 5.41) is 18.0. The Kier molecular flexibility index (Phi) is 3.68. The summed E-state index contributed by atoms with van der Waals surface area (Å²) >= 11 is 0. The zero-order chi connectivity index (χ0) is 17.6. The first-order valence-electron chi connectivity index (χ1n) is 8.27.